The smallest absolute Gasteiger partial charge is 0.183 e. The molecule has 3 aromatic heterocycles. The lowest BCUT2D eigenvalue weighted by molar-refractivity contribution is 0.594. The number of hydrogen-bond acceptors (Lipinski definition) is 5. The van der Waals surface area contributed by atoms with Gasteiger partial charge in [0.25, 0.3) is 0 Å². The van der Waals surface area contributed by atoms with E-state index in [1.165, 1.54) is 6.20 Å². The van der Waals surface area contributed by atoms with Crippen LogP contribution in [0.5, 0.6) is 0 Å². The van der Waals surface area contributed by atoms with Crippen molar-refractivity contribution in [3.8, 4) is 11.4 Å². The quantitative estimate of drug-likeness (QED) is 0.688. The molecule has 4 heterocycles. The molecule has 1 atom stereocenters. The number of anilines is 1. The van der Waals surface area contributed by atoms with Crippen molar-refractivity contribution in [3.63, 3.8) is 0 Å². The first kappa shape index (κ1) is 14.1. The summed E-state index contributed by atoms with van der Waals surface area (Å²) in [6.07, 6.45) is 5.83. The molecule has 1 unspecified atom stereocenters. The van der Waals surface area contributed by atoms with Crippen molar-refractivity contribution in [2.75, 3.05) is 25.0 Å². The topological polar surface area (TPSA) is 78.5 Å². The number of fused-ring (bicyclic) bond motifs is 1. The average Bonchev–Trinajstić information content (AvgIpc) is 3.23. The Morgan fingerprint density at radius 2 is 2.30 bits per heavy atom. The van der Waals surface area contributed by atoms with Gasteiger partial charge in [-0.1, -0.05) is 0 Å². The normalized spacial score (nSPS) is 17.7. The van der Waals surface area contributed by atoms with Crippen LogP contribution < -0.4 is 10.6 Å². The van der Waals surface area contributed by atoms with E-state index in [2.05, 4.69) is 30.6 Å². The van der Waals surface area contributed by atoms with Gasteiger partial charge in [-0.3, -0.25) is 0 Å². The van der Waals surface area contributed by atoms with Crippen LogP contribution in [0.15, 0.2) is 30.7 Å². The molecule has 0 aliphatic carbocycles. The monoisotopic (exact) mass is 312 g/mol. The van der Waals surface area contributed by atoms with E-state index in [0.717, 1.165) is 36.1 Å². The van der Waals surface area contributed by atoms with E-state index in [1.54, 1.807) is 12.4 Å². The first-order valence-corrected chi connectivity index (χ1v) is 7.71. The number of rotatable bonds is 4. The van der Waals surface area contributed by atoms with Gasteiger partial charge in [-0.05, 0) is 37.6 Å². The number of aromatic amines is 1. The Bertz CT molecular complexity index is 824. The van der Waals surface area contributed by atoms with Crippen molar-refractivity contribution in [1.82, 2.24) is 25.3 Å². The van der Waals surface area contributed by atoms with Gasteiger partial charge in [0.2, 0.25) is 0 Å². The first-order chi connectivity index (χ1) is 11.3. The maximum absolute atomic E-state index is 14.0. The summed E-state index contributed by atoms with van der Waals surface area (Å²) in [5, 5.41) is 7.33. The number of hydrogen-bond donors (Lipinski definition) is 3. The second-order valence-corrected chi connectivity index (χ2v) is 5.73. The van der Waals surface area contributed by atoms with Crippen molar-refractivity contribution >= 4 is 16.9 Å². The van der Waals surface area contributed by atoms with E-state index in [1.807, 2.05) is 12.1 Å². The number of nitrogens with zero attached hydrogens (tertiary/aromatic N) is 3. The lowest BCUT2D eigenvalue weighted by atomic mass is 10.1. The summed E-state index contributed by atoms with van der Waals surface area (Å²) in [7, 11) is 0. The molecule has 3 N–H and O–H groups in total. The van der Waals surface area contributed by atoms with Crippen molar-refractivity contribution in [2.24, 2.45) is 5.92 Å². The van der Waals surface area contributed by atoms with Crippen molar-refractivity contribution in [3.05, 3.63) is 36.5 Å². The van der Waals surface area contributed by atoms with Crippen molar-refractivity contribution < 1.29 is 4.39 Å². The number of nitrogens with one attached hydrogen (secondary N) is 3. The Labute approximate surface area is 132 Å². The molecule has 23 heavy (non-hydrogen) atoms. The van der Waals surface area contributed by atoms with Gasteiger partial charge in [0, 0.05) is 29.9 Å². The maximum Gasteiger partial charge on any atom is 0.183 e. The van der Waals surface area contributed by atoms with Crippen LogP contribution in [-0.2, 0) is 0 Å². The Kier molecular flexibility index (Phi) is 3.63. The van der Waals surface area contributed by atoms with Crippen molar-refractivity contribution in [2.45, 2.75) is 6.42 Å². The zero-order valence-electron chi connectivity index (χ0n) is 12.5. The summed E-state index contributed by atoms with van der Waals surface area (Å²) < 4.78 is 14.0. The lowest BCUT2D eigenvalue weighted by Crippen LogP contribution is -2.18. The Hall–Kier alpha value is -2.54. The second kappa shape index (κ2) is 5.92. The Morgan fingerprint density at radius 1 is 1.35 bits per heavy atom. The van der Waals surface area contributed by atoms with E-state index in [-0.39, 0.29) is 5.82 Å². The van der Waals surface area contributed by atoms with Gasteiger partial charge >= 0.3 is 0 Å². The molecule has 0 amide bonds. The molecule has 0 aromatic carbocycles. The fraction of sp³-hybridized carbons (Fsp3) is 0.312. The van der Waals surface area contributed by atoms with Gasteiger partial charge in [0.15, 0.2) is 17.5 Å². The Balaban J connectivity index is 1.63. The fourth-order valence-corrected chi connectivity index (χ4v) is 2.89. The van der Waals surface area contributed by atoms with Crippen LogP contribution in [0.1, 0.15) is 6.42 Å². The molecule has 1 aliphatic heterocycles. The summed E-state index contributed by atoms with van der Waals surface area (Å²) in [5.74, 6) is 0.806. The molecular formula is C16H17FN6. The standard InChI is InChI=1S/C16H17FN6/c17-13-9-22-15(12-8-21-14-11(12)2-1-4-19-14)23-16(13)20-7-10-3-5-18-6-10/h1-2,4,8-10,18H,3,5-7H2,(H,19,21)(H,20,22,23). The molecule has 0 radical (unpaired) electrons. The number of aromatic nitrogens is 4. The highest BCUT2D eigenvalue weighted by atomic mass is 19.1. The predicted molar refractivity (Wildman–Crippen MR) is 86.5 cm³/mol. The van der Waals surface area contributed by atoms with Crippen molar-refractivity contribution in [1.29, 1.82) is 0 Å². The molecule has 7 heteroatoms. The highest BCUT2D eigenvalue weighted by molar-refractivity contribution is 5.91. The zero-order valence-corrected chi connectivity index (χ0v) is 12.5. The third kappa shape index (κ3) is 2.75. The third-order valence-corrected chi connectivity index (χ3v) is 4.16. The average molecular weight is 312 g/mol. The molecule has 118 valence electrons. The summed E-state index contributed by atoms with van der Waals surface area (Å²) in [4.78, 5) is 15.8. The van der Waals surface area contributed by atoms with Crippen LogP contribution >= 0.6 is 0 Å². The van der Waals surface area contributed by atoms with Gasteiger partial charge in [0.05, 0.1) is 6.20 Å². The number of halogens is 1. The summed E-state index contributed by atoms with van der Waals surface area (Å²) in [5.41, 5.74) is 1.58. The first-order valence-electron chi connectivity index (χ1n) is 7.71. The van der Waals surface area contributed by atoms with Gasteiger partial charge in [-0.2, -0.15) is 0 Å². The van der Waals surface area contributed by atoms with Crippen LogP contribution in [0, 0.1) is 11.7 Å². The van der Waals surface area contributed by atoms with Crippen LogP contribution in [0.2, 0.25) is 0 Å². The summed E-state index contributed by atoms with van der Waals surface area (Å²) in [6.45, 7) is 2.68. The maximum atomic E-state index is 14.0. The molecule has 0 bridgehead atoms. The minimum Gasteiger partial charge on any atom is -0.367 e. The van der Waals surface area contributed by atoms with E-state index >= 15 is 0 Å². The van der Waals surface area contributed by atoms with E-state index < -0.39 is 5.82 Å². The molecule has 3 aromatic rings. The Morgan fingerprint density at radius 3 is 3.17 bits per heavy atom. The van der Waals surface area contributed by atoms with E-state index in [4.69, 9.17) is 0 Å². The number of pyridine rings is 1. The van der Waals surface area contributed by atoms with Gasteiger partial charge in [-0.15, -0.1) is 0 Å². The minimum absolute atomic E-state index is 0.250. The van der Waals surface area contributed by atoms with Crippen LogP contribution in [0.4, 0.5) is 10.2 Å². The van der Waals surface area contributed by atoms with Crippen LogP contribution in [-0.4, -0.2) is 39.6 Å². The molecule has 1 saturated heterocycles. The highest BCUT2D eigenvalue weighted by Gasteiger charge is 2.16. The molecule has 1 aliphatic rings. The van der Waals surface area contributed by atoms with Crippen LogP contribution in [0.3, 0.4) is 0 Å². The van der Waals surface area contributed by atoms with Crippen LogP contribution in [0.25, 0.3) is 22.4 Å². The van der Waals surface area contributed by atoms with E-state index in [0.29, 0.717) is 18.3 Å². The predicted octanol–water partition coefficient (Wildman–Crippen LogP) is 2.18. The third-order valence-electron chi connectivity index (χ3n) is 4.16. The zero-order chi connectivity index (χ0) is 15.6. The molecule has 0 saturated carbocycles. The summed E-state index contributed by atoms with van der Waals surface area (Å²) >= 11 is 0. The SMILES string of the molecule is Fc1cnc(-c2c[nH]c3ncccc23)nc1NCC1CCNC1. The highest BCUT2D eigenvalue weighted by Crippen LogP contribution is 2.26. The molecule has 1 fully saturated rings. The fourth-order valence-electron chi connectivity index (χ4n) is 2.89. The van der Waals surface area contributed by atoms with Gasteiger partial charge < -0.3 is 15.6 Å². The summed E-state index contributed by atoms with van der Waals surface area (Å²) in [6, 6.07) is 3.80. The lowest BCUT2D eigenvalue weighted by Gasteiger charge is -2.11. The van der Waals surface area contributed by atoms with E-state index in [9.17, 15) is 4.39 Å². The van der Waals surface area contributed by atoms with Gasteiger partial charge in [-0.25, -0.2) is 19.3 Å². The molecule has 4 rings (SSSR count). The molecular weight excluding hydrogens is 295 g/mol. The van der Waals surface area contributed by atoms with Gasteiger partial charge in [0.1, 0.15) is 5.65 Å². The molecule has 6 nitrogen and oxygen atoms in total. The minimum atomic E-state index is -0.433. The largest absolute Gasteiger partial charge is 0.367 e. The number of H-pyrrole nitrogens is 1. The molecule has 0 spiro atoms. The second-order valence-electron chi connectivity index (χ2n) is 5.73.